The summed E-state index contributed by atoms with van der Waals surface area (Å²) in [5.74, 6) is 0.468. The molecule has 0 amide bonds. The number of rotatable bonds is 6. The summed E-state index contributed by atoms with van der Waals surface area (Å²) in [6.45, 7) is 5.60. The van der Waals surface area contributed by atoms with Crippen LogP contribution in [0.1, 0.15) is 22.1 Å². The summed E-state index contributed by atoms with van der Waals surface area (Å²) >= 11 is 0. The van der Waals surface area contributed by atoms with Crippen molar-refractivity contribution in [3.05, 3.63) is 95.7 Å². The number of nitriles is 1. The first-order valence-electron chi connectivity index (χ1n) is 11.9. The van der Waals surface area contributed by atoms with Crippen LogP contribution in [0.3, 0.4) is 0 Å². The van der Waals surface area contributed by atoms with E-state index in [1.54, 1.807) is 18.2 Å². The maximum absolute atomic E-state index is 13.6. The van der Waals surface area contributed by atoms with E-state index in [4.69, 9.17) is 9.97 Å². The molecule has 1 saturated heterocycles. The minimum atomic E-state index is -4.01. The molecule has 0 unspecified atom stereocenters. The molecule has 1 atom stereocenters. The van der Waals surface area contributed by atoms with E-state index in [2.05, 4.69) is 21.9 Å². The number of benzene rings is 3. The van der Waals surface area contributed by atoms with Gasteiger partial charge in [-0.25, -0.2) is 18.4 Å². The lowest BCUT2D eigenvalue weighted by Crippen LogP contribution is -2.46. The van der Waals surface area contributed by atoms with Crippen LogP contribution in [0, 0.1) is 18.3 Å². The third-order valence-corrected chi connectivity index (χ3v) is 8.35. The van der Waals surface area contributed by atoms with Gasteiger partial charge in [-0.1, -0.05) is 54.6 Å². The molecule has 0 spiro atoms. The first-order chi connectivity index (χ1) is 17.5. The third-order valence-electron chi connectivity index (χ3n) is 6.49. The number of para-hydroxylation sites is 2. The van der Waals surface area contributed by atoms with Gasteiger partial charge in [0, 0.05) is 32.7 Å². The van der Waals surface area contributed by atoms with Crippen LogP contribution in [0.15, 0.2) is 83.8 Å². The second-order valence-corrected chi connectivity index (χ2v) is 11.1. The second-order valence-electron chi connectivity index (χ2n) is 9.04. The number of fused-ring (bicyclic) bond motifs is 1. The van der Waals surface area contributed by atoms with Gasteiger partial charge in [0.1, 0.15) is 5.69 Å². The zero-order valence-corrected chi connectivity index (χ0v) is 20.9. The summed E-state index contributed by atoms with van der Waals surface area (Å²) in [6, 6.07) is 26.4. The molecule has 1 fully saturated rings. The molecule has 0 aliphatic carbocycles. The monoisotopic (exact) mass is 497 g/mol. The van der Waals surface area contributed by atoms with Crippen molar-refractivity contribution in [3.8, 4) is 6.07 Å². The Hall–Kier alpha value is -3.80. The molecule has 0 N–H and O–H groups in total. The Morgan fingerprint density at radius 1 is 0.889 bits per heavy atom. The summed E-state index contributed by atoms with van der Waals surface area (Å²) in [7, 11) is -4.01. The van der Waals surface area contributed by atoms with Gasteiger partial charge >= 0.3 is 0 Å². The highest BCUT2D eigenvalue weighted by atomic mass is 32.2. The van der Waals surface area contributed by atoms with Crippen LogP contribution in [-0.4, -0.2) is 49.5 Å². The van der Waals surface area contributed by atoms with Crippen molar-refractivity contribution in [3.63, 3.8) is 0 Å². The van der Waals surface area contributed by atoms with Crippen molar-refractivity contribution in [1.82, 2.24) is 14.9 Å². The maximum Gasteiger partial charge on any atom is 0.200 e. The van der Waals surface area contributed by atoms with Gasteiger partial charge in [0.2, 0.25) is 9.84 Å². The minimum Gasteiger partial charge on any atom is -0.352 e. The molecular formula is C28H27N5O2S. The van der Waals surface area contributed by atoms with Crippen LogP contribution in [0.5, 0.6) is 0 Å². The van der Waals surface area contributed by atoms with Crippen molar-refractivity contribution in [2.24, 2.45) is 0 Å². The van der Waals surface area contributed by atoms with Gasteiger partial charge in [-0.2, -0.15) is 5.26 Å². The van der Waals surface area contributed by atoms with E-state index in [1.165, 1.54) is 11.6 Å². The quantitative estimate of drug-likeness (QED) is 0.392. The molecule has 2 heterocycles. The molecule has 0 bridgehead atoms. The van der Waals surface area contributed by atoms with Crippen molar-refractivity contribution < 1.29 is 8.42 Å². The molecule has 1 aliphatic heterocycles. The first-order valence-corrected chi connectivity index (χ1v) is 13.5. The predicted molar refractivity (Wildman–Crippen MR) is 140 cm³/mol. The number of hydrogen-bond donors (Lipinski definition) is 0. The molecule has 0 radical (unpaired) electrons. The molecular weight excluding hydrogens is 470 g/mol. The lowest BCUT2D eigenvalue weighted by atomic mass is 10.2. The predicted octanol–water partition coefficient (Wildman–Crippen LogP) is 4.30. The molecule has 36 heavy (non-hydrogen) atoms. The number of aryl methyl sites for hydroxylation is 1. The summed E-state index contributed by atoms with van der Waals surface area (Å²) in [6.07, 6.45) is 0. The van der Waals surface area contributed by atoms with Crippen molar-refractivity contribution in [1.29, 1.82) is 5.26 Å². The van der Waals surface area contributed by atoms with Crippen molar-refractivity contribution >= 4 is 26.7 Å². The Balaban J connectivity index is 1.50. The average Bonchev–Trinajstić information content (AvgIpc) is 2.90. The van der Waals surface area contributed by atoms with Crippen LogP contribution in [-0.2, 0) is 16.4 Å². The van der Waals surface area contributed by atoms with E-state index in [0.29, 0.717) is 29.9 Å². The largest absolute Gasteiger partial charge is 0.352 e. The summed E-state index contributed by atoms with van der Waals surface area (Å²) in [4.78, 5) is 14.1. The number of sulfone groups is 1. The Bertz CT molecular complexity index is 1520. The molecule has 7 nitrogen and oxygen atoms in total. The topological polar surface area (TPSA) is 90.2 Å². The smallest absolute Gasteiger partial charge is 0.200 e. The van der Waals surface area contributed by atoms with E-state index < -0.39 is 15.1 Å². The average molecular weight is 498 g/mol. The SMILES string of the molecule is Cc1cccc(S(=O)(=O)[C@H](C#N)c2nc3ccccc3nc2N2CCN(Cc3ccccc3)CC2)c1. The zero-order valence-electron chi connectivity index (χ0n) is 20.1. The Morgan fingerprint density at radius 2 is 1.56 bits per heavy atom. The van der Waals surface area contributed by atoms with E-state index in [9.17, 15) is 13.7 Å². The Morgan fingerprint density at radius 3 is 2.22 bits per heavy atom. The van der Waals surface area contributed by atoms with E-state index in [1.807, 2.05) is 55.5 Å². The fraction of sp³-hybridized carbons (Fsp3) is 0.250. The van der Waals surface area contributed by atoms with Gasteiger partial charge in [0.05, 0.1) is 22.0 Å². The van der Waals surface area contributed by atoms with Gasteiger partial charge in [-0.05, 0) is 42.3 Å². The minimum absolute atomic E-state index is 0.114. The lowest BCUT2D eigenvalue weighted by molar-refractivity contribution is 0.249. The summed E-state index contributed by atoms with van der Waals surface area (Å²) < 4.78 is 27.3. The highest BCUT2D eigenvalue weighted by molar-refractivity contribution is 7.92. The van der Waals surface area contributed by atoms with Gasteiger partial charge in [-0.3, -0.25) is 4.90 Å². The second kappa shape index (κ2) is 10.1. The van der Waals surface area contributed by atoms with Crippen LogP contribution >= 0.6 is 0 Å². The molecule has 182 valence electrons. The van der Waals surface area contributed by atoms with Crippen molar-refractivity contribution in [2.45, 2.75) is 23.6 Å². The molecule has 3 aromatic carbocycles. The maximum atomic E-state index is 13.6. The first kappa shape index (κ1) is 23.9. The number of piperazine rings is 1. The van der Waals surface area contributed by atoms with E-state index in [0.717, 1.165) is 25.2 Å². The van der Waals surface area contributed by atoms with Crippen LogP contribution < -0.4 is 4.90 Å². The molecule has 4 aromatic rings. The highest BCUT2D eigenvalue weighted by Gasteiger charge is 2.35. The zero-order chi connectivity index (χ0) is 25.1. The fourth-order valence-electron chi connectivity index (χ4n) is 4.58. The van der Waals surface area contributed by atoms with E-state index in [-0.39, 0.29) is 10.6 Å². The van der Waals surface area contributed by atoms with Gasteiger partial charge in [0.15, 0.2) is 11.1 Å². The molecule has 1 aromatic heterocycles. The number of anilines is 1. The fourth-order valence-corrected chi connectivity index (χ4v) is 6.06. The summed E-state index contributed by atoms with van der Waals surface area (Å²) in [5, 5.41) is 8.66. The van der Waals surface area contributed by atoms with Gasteiger partial charge < -0.3 is 4.90 Å². The number of aromatic nitrogens is 2. The van der Waals surface area contributed by atoms with Gasteiger partial charge in [0.25, 0.3) is 0 Å². The molecule has 8 heteroatoms. The van der Waals surface area contributed by atoms with Gasteiger partial charge in [-0.15, -0.1) is 0 Å². The van der Waals surface area contributed by atoms with Crippen molar-refractivity contribution in [2.75, 3.05) is 31.1 Å². The number of nitrogens with zero attached hydrogens (tertiary/aromatic N) is 5. The highest BCUT2D eigenvalue weighted by Crippen LogP contribution is 2.34. The van der Waals surface area contributed by atoms with Crippen LogP contribution in [0.2, 0.25) is 0 Å². The summed E-state index contributed by atoms with van der Waals surface area (Å²) in [5.41, 5.74) is 3.50. The molecule has 0 saturated carbocycles. The Labute approximate surface area is 211 Å². The van der Waals surface area contributed by atoms with E-state index >= 15 is 0 Å². The normalized spacial score (nSPS) is 15.5. The number of hydrogen-bond acceptors (Lipinski definition) is 7. The van der Waals surface area contributed by atoms with Crippen LogP contribution in [0.4, 0.5) is 5.82 Å². The van der Waals surface area contributed by atoms with Crippen LogP contribution in [0.25, 0.3) is 11.0 Å². The molecule has 5 rings (SSSR count). The standard InChI is InChI=1S/C28H27N5O2S/c1-21-8-7-11-23(18-21)36(34,35)26(19-29)27-28(31-25-13-6-5-12-24(25)30-27)33-16-14-32(15-17-33)20-22-9-3-2-4-10-22/h2-13,18,26H,14-17,20H2,1H3/t26-/m1/s1. The molecule has 1 aliphatic rings. The Kier molecular flexibility index (Phi) is 6.68. The third kappa shape index (κ3) is 4.81. The lowest BCUT2D eigenvalue weighted by Gasteiger charge is -2.36.